The van der Waals surface area contributed by atoms with E-state index in [4.69, 9.17) is 10.2 Å². The summed E-state index contributed by atoms with van der Waals surface area (Å²) in [5.74, 6) is -2.32. The number of hydrogen-bond donors (Lipinski definition) is 3. The Bertz CT molecular complexity index is 348. The van der Waals surface area contributed by atoms with Gasteiger partial charge in [-0.2, -0.15) is 0 Å². The number of aliphatic carboxylic acids is 2. The molecule has 1 atom stereocenters. The minimum atomic E-state index is -2.20. The maximum absolute atomic E-state index is 11.0. The SMILES string of the molecule is CCCCCCCCCCCCCCSC(O)(CC(=O)O)C(=O)O. The first-order valence-electron chi connectivity index (χ1n) is 9.24. The molecule has 0 aromatic rings. The third-order valence-corrected chi connectivity index (χ3v) is 5.35. The first kappa shape index (κ1) is 23.2. The fourth-order valence-corrected chi connectivity index (χ4v) is 3.61. The number of rotatable bonds is 17. The summed E-state index contributed by atoms with van der Waals surface area (Å²) in [6.07, 6.45) is 13.9. The average molecular weight is 363 g/mol. The molecule has 0 amide bonds. The topological polar surface area (TPSA) is 94.8 Å². The lowest BCUT2D eigenvalue weighted by Crippen LogP contribution is -2.37. The highest BCUT2D eigenvalue weighted by molar-refractivity contribution is 8.01. The summed E-state index contributed by atoms with van der Waals surface area (Å²) in [6, 6.07) is 0. The lowest BCUT2D eigenvalue weighted by molar-refractivity contribution is -0.155. The third-order valence-electron chi connectivity index (χ3n) is 4.06. The van der Waals surface area contributed by atoms with E-state index in [-0.39, 0.29) is 0 Å². The zero-order valence-electron chi connectivity index (χ0n) is 15.0. The number of hydrogen-bond acceptors (Lipinski definition) is 4. The predicted octanol–water partition coefficient (Wildman–Crippen LogP) is 4.67. The highest BCUT2D eigenvalue weighted by Crippen LogP contribution is 2.28. The Morgan fingerprint density at radius 2 is 1.21 bits per heavy atom. The van der Waals surface area contributed by atoms with Crippen molar-refractivity contribution in [3.05, 3.63) is 0 Å². The van der Waals surface area contributed by atoms with Gasteiger partial charge in [-0.25, -0.2) is 4.79 Å². The summed E-state index contributed by atoms with van der Waals surface area (Å²) < 4.78 is 0. The van der Waals surface area contributed by atoms with Gasteiger partial charge in [0.2, 0.25) is 4.93 Å². The quantitative estimate of drug-likeness (QED) is 0.257. The van der Waals surface area contributed by atoms with Crippen LogP contribution in [0.1, 0.15) is 90.4 Å². The van der Waals surface area contributed by atoms with E-state index >= 15 is 0 Å². The molecule has 0 spiro atoms. The Morgan fingerprint density at radius 1 is 0.792 bits per heavy atom. The molecule has 0 saturated carbocycles. The number of thioether (sulfide) groups is 1. The van der Waals surface area contributed by atoms with Crippen molar-refractivity contribution >= 4 is 23.7 Å². The van der Waals surface area contributed by atoms with Gasteiger partial charge >= 0.3 is 11.9 Å². The predicted molar refractivity (Wildman–Crippen MR) is 98.4 cm³/mol. The van der Waals surface area contributed by atoms with Crippen LogP contribution in [0.3, 0.4) is 0 Å². The van der Waals surface area contributed by atoms with Gasteiger partial charge in [-0.3, -0.25) is 4.79 Å². The van der Waals surface area contributed by atoms with E-state index in [0.717, 1.165) is 31.0 Å². The monoisotopic (exact) mass is 362 g/mol. The molecule has 6 heteroatoms. The molecule has 24 heavy (non-hydrogen) atoms. The molecule has 0 aromatic heterocycles. The number of carboxylic acid groups (broad SMARTS) is 2. The first-order chi connectivity index (χ1) is 11.4. The molecular formula is C18H34O5S. The highest BCUT2D eigenvalue weighted by atomic mass is 32.2. The van der Waals surface area contributed by atoms with Gasteiger partial charge in [0.05, 0.1) is 6.42 Å². The van der Waals surface area contributed by atoms with Crippen LogP contribution in [0.4, 0.5) is 0 Å². The van der Waals surface area contributed by atoms with E-state index in [1.165, 1.54) is 57.8 Å². The lowest BCUT2D eigenvalue weighted by Gasteiger charge is -2.20. The van der Waals surface area contributed by atoms with E-state index in [1.807, 2.05) is 0 Å². The molecule has 0 fully saturated rings. The third kappa shape index (κ3) is 12.6. The Labute approximate surface area is 150 Å². The van der Waals surface area contributed by atoms with E-state index in [0.29, 0.717) is 5.75 Å². The standard InChI is InChI=1S/C18H34O5S/c1-2-3-4-5-6-7-8-9-10-11-12-13-14-24-18(23,17(21)22)15-16(19)20/h23H,2-15H2,1H3,(H,19,20)(H,21,22). The molecule has 0 aliphatic carbocycles. The average Bonchev–Trinajstić information content (AvgIpc) is 2.51. The van der Waals surface area contributed by atoms with Crippen LogP contribution < -0.4 is 0 Å². The van der Waals surface area contributed by atoms with E-state index < -0.39 is 23.3 Å². The summed E-state index contributed by atoms with van der Waals surface area (Å²) in [5.41, 5.74) is 0. The van der Waals surface area contributed by atoms with Gasteiger partial charge in [-0.15, -0.1) is 11.8 Å². The van der Waals surface area contributed by atoms with Gasteiger partial charge in [0, 0.05) is 0 Å². The first-order valence-corrected chi connectivity index (χ1v) is 10.2. The van der Waals surface area contributed by atoms with Crippen LogP contribution in [0.5, 0.6) is 0 Å². The van der Waals surface area contributed by atoms with E-state index in [9.17, 15) is 14.7 Å². The summed E-state index contributed by atoms with van der Waals surface area (Å²) in [7, 11) is 0. The fraction of sp³-hybridized carbons (Fsp3) is 0.889. The van der Waals surface area contributed by atoms with Crippen LogP contribution >= 0.6 is 11.8 Å². The molecule has 0 bridgehead atoms. The molecule has 5 nitrogen and oxygen atoms in total. The lowest BCUT2D eigenvalue weighted by atomic mass is 10.1. The zero-order valence-corrected chi connectivity index (χ0v) is 15.8. The Hall–Kier alpha value is -0.750. The number of aliphatic hydroxyl groups is 1. The van der Waals surface area contributed by atoms with Crippen molar-refractivity contribution in [1.29, 1.82) is 0 Å². The number of carbonyl (C=O) groups is 2. The van der Waals surface area contributed by atoms with Gasteiger partial charge in [0.15, 0.2) is 0 Å². The molecule has 1 unspecified atom stereocenters. The van der Waals surface area contributed by atoms with Crippen molar-refractivity contribution in [1.82, 2.24) is 0 Å². The van der Waals surface area contributed by atoms with Crippen molar-refractivity contribution in [2.75, 3.05) is 5.75 Å². The van der Waals surface area contributed by atoms with Crippen molar-refractivity contribution < 1.29 is 24.9 Å². The van der Waals surface area contributed by atoms with E-state index in [2.05, 4.69) is 6.92 Å². The molecule has 0 aromatic carbocycles. The van der Waals surface area contributed by atoms with Crippen molar-refractivity contribution in [2.24, 2.45) is 0 Å². The molecule has 0 aliphatic heterocycles. The van der Waals surface area contributed by atoms with Gasteiger partial charge in [0.1, 0.15) is 0 Å². The highest BCUT2D eigenvalue weighted by Gasteiger charge is 2.38. The summed E-state index contributed by atoms with van der Waals surface area (Å²) in [6.45, 7) is 2.23. The van der Waals surface area contributed by atoms with E-state index in [1.54, 1.807) is 0 Å². The zero-order chi connectivity index (χ0) is 18.3. The second-order valence-electron chi connectivity index (χ2n) is 6.40. The fourth-order valence-electron chi connectivity index (χ4n) is 2.58. The molecule has 0 heterocycles. The van der Waals surface area contributed by atoms with Crippen LogP contribution in [-0.4, -0.2) is 37.9 Å². The molecule has 0 rings (SSSR count). The summed E-state index contributed by atoms with van der Waals surface area (Å²) in [4.78, 5) is 19.4. The van der Waals surface area contributed by atoms with Crippen LogP contribution in [-0.2, 0) is 9.59 Å². The molecular weight excluding hydrogens is 328 g/mol. The largest absolute Gasteiger partial charge is 0.481 e. The van der Waals surface area contributed by atoms with Crippen molar-refractivity contribution in [3.63, 3.8) is 0 Å². The van der Waals surface area contributed by atoms with Gasteiger partial charge in [-0.1, -0.05) is 77.6 Å². The van der Waals surface area contributed by atoms with Gasteiger partial charge in [-0.05, 0) is 12.2 Å². The van der Waals surface area contributed by atoms with Crippen LogP contribution in [0, 0.1) is 0 Å². The minimum Gasteiger partial charge on any atom is -0.481 e. The van der Waals surface area contributed by atoms with Crippen LogP contribution in [0.25, 0.3) is 0 Å². The minimum absolute atomic E-state index is 0.466. The smallest absolute Gasteiger partial charge is 0.347 e. The summed E-state index contributed by atoms with van der Waals surface area (Å²) in [5, 5.41) is 27.4. The maximum Gasteiger partial charge on any atom is 0.347 e. The number of unbranched alkanes of at least 4 members (excludes halogenated alkanes) is 11. The Balaban J connectivity index is 3.49. The second kappa shape index (κ2) is 14.6. The molecule has 142 valence electrons. The molecule has 0 saturated heterocycles. The second-order valence-corrected chi connectivity index (χ2v) is 7.77. The Morgan fingerprint density at radius 3 is 1.58 bits per heavy atom. The van der Waals surface area contributed by atoms with Crippen LogP contribution in [0.2, 0.25) is 0 Å². The van der Waals surface area contributed by atoms with Crippen molar-refractivity contribution in [2.45, 2.75) is 95.3 Å². The number of carboxylic acids is 2. The Kier molecular flexibility index (Phi) is 14.1. The van der Waals surface area contributed by atoms with Gasteiger partial charge in [0.25, 0.3) is 0 Å². The molecule has 0 radical (unpaired) electrons. The van der Waals surface area contributed by atoms with Crippen molar-refractivity contribution in [3.8, 4) is 0 Å². The summed E-state index contributed by atoms with van der Waals surface area (Å²) >= 11 is 0.817. The van der Waals surface area contributed by atoms with Crippen LogP contribution in [0.15, 0.2) is 0 Å². The normalized spacial score (nSPS) is 13.6. The van der Waals surface area contributed by atoms with Gasteiger partial charge < -0.3 is 15.3 Å². The maximum atomic E-state index is 11.0. The molecule has 0 aliphatic rings. The molecule has 3 N–H and O–H groups in total.